The number of pyridine rings is 1. The summed E-state index contributed by atoms with van der Waals surface area (Å²) in [7, 11) is 0. The minimum Gasteiger partial charge on any atom is -0.384 e. The smallest absolute Gasteiger partial charge is 0.128 e. The highest BCUT2D eigenvalue weighted by atomic mass is 32.2. The van der Waals surface area contributed by atoms with Crippen LogP contribution in [0.5, 0.6) is 0 Å². The number of nitrogen functional groups attached to an aromatic ring is 1. The van der Waals surface area contributed by atoms with Crippen LogP contribution in [0.1, 0.15) is 27.5 Å². The molecule has 1 atom stereocenters. The van der Waals surface area contributed by atoms with Crippen molar-refractivity contribution in [1.82, 2.24) is 4.98 Å². The predicted octanol–water partition coefficient (Wildman–Crippen LogP) is 5.44. The number of aromatic nitrogens is 1. The summed E-state index contributed by atoms with van der Waals surface area (Å²) in [6.07, 6.45) is 1.66. The van der Waals surface area contributed by atoms with Gasteiger partial charge in [-0.1, -0.05) is 17.7 Å². The predicted molar refractivity (Wildman–Crippen MR) is 98.6 cm³/mol. The first-order valence-electron chi connectivity index (χ1n) is 7.84. The van der Waals surface area contributed by atoms with Crippen LogP contribution in [0, 0.1) is 25.5 Å². The van der Waals surface area contributed by atoms with Crippen molar-refractivity contribution in [1.29, 1.82) is 0 Å². The summed E-state index contributed by atoms with van der Waals surface area (Å²) < 4.78 is 28.3. The second-order valence-corrected chi connectivity index (χ2v) is 7.12. The zero-order valence-electron chi connectivity index (χ0n) is 14.0. The Kier molecular flexibility index (Phi) is 5.04. The first kappa shape index (κ1) is 17.4. The first-order valence-corrected chi connectivity index (χ1v) is 8.72. The van der Waals surface area contributed by atoms with Gasteiger partial charge in [-0.05, 0) is 61.4 Å². The Labute approximate surface area is 150 Å². The van der Waals surface area contributed by atoms with Crippen molar-refractivity contribution in [3.63, 3.8) is 0 Å². The molecule has 0 aliphatic heterocycles. The van der Waals surface area contributed by atoms with E-state index in [0.29, 0.717) is 11.4 Å². The highest BCUT2D eigenvalue weighted by Gasteiger charge is 2.22. The maximum Gasteiger partial charge on any atom is 0.128 e. The highest BCUT2D eigenvalue weighted by molar-refractivity contribution is 7.99. The summed E-state index contributed by atoms with van der Waals surface area (Å²) in [5, 5.41) is -0.427. The summed E-state index contributed by atoms with van der Waals surface area (Å²) in [5.41, 5.74) is 8.97. The zero-order valence-corrected chi connectivity index (χ0v) is 14.8. The quantitative estimate of drug-likeness (QED) is 0.633. The second kappa shape index (κ2) is 7.23. The summed E-state index contributed by atoms with van der Waals surface area (Å²) in [6.45, 7) is 3.90. The third kappa shape index (κ3) is 3.99. The van der Waals surface area contributed by atoms with Gasteiger partial charge in [0.25, 0.3) is 0 Å². The molecule has 0 saturated carbocycles. The first-order chi connectivity index (χ1) is 11.9. The molecule has 3 rings (SSSR count). The number of nitrogens with zero attached hydrogens (tertiary/aromatic N) is 1. The van der Waals surface area contributed by atoms with Crippen LogP contribution in [0.2, 0.25) is 0 Å². The average molecular weight is 356 g/mol. The van der Waals surface area contributed by atoms with E-state index in [1.165, 1.54) is 17.8 Å². The van der Waals surface area contributed by atoms with Crippen LogP contribution in [0.15, 0.2) is 59.6 Å². The van der Waals surface area contributed by atoms with Crippen molar-refractivity contribution in [3.05, 3.63) is 88.6 Å². The number of hydrogen-bond acceptors (Lipinski definition) is 3. The summed E-state index contributed by atoms with van der Waals surface area (Å²) >= 11 is 1.46. The Morgan fingerprint density at radius 3 is 2.40 bits per heavy atom. The number of thioether (sulfide) groups is 1. The fourth-order valence-corrected chi connectivity index (χ4v) is 3.86. The molecule has 0 bridgehead atoms. The third-order valence-corrected chi connectivity index (χ3v) is 5.25. The molecule has 0 amide bonds. The monoisotopic (exact) mass is 356 g/mol. The van der Waals surface area contributed by atoms with E-state index in [1.54, 1.807) is 12.3 Å². The lowest BCUT2D eigenvalue weighted by atomic mass is 10.0. The number of halogens is 2. The number of nitrogens with two attached hydrogens (primary N) is 1. The summed E-state index contributed by atoms with van der Waals surface area (Å²) in [4.78, 5) is 5.04. The molecule has 0 spiro atoms. The van der Waals surface area contributed by atoms with Crippen molar-refractivity contribution < 1.29 is 8.78 Å². The van der Waals surface area contributed by atoms with Crippen LogP contribution < -0.4 is 5.73 Å². The molecular weight excluding hydrogens is 338 g/mol. The normalized spacial score (nSPS) is 12.2. The molecule has 0 radical (unpaired) electrons. The molecule has 128 valence electrons. The maximum atomic E-state index is 14.5. The Hall–Kier alpha value is -2.40. The van der Waals surface area contributed by atoms with Crippen molar-refractivity contribution >= 4 is 17.6 Å². The van der Waals surface area contributed by atoms with Crippen molar-refractivity contribution in [2.24, 2.45) is 0 Å². The van der Waals surface area contributed by atoms with Crippen molar-refractivity contribution in [2.45, 2.75) is 24.0 Å². The Bertz CT molecular complexity index is 843. The molecule has 3 aromatic rings. The standard InChI is InChI=1S/C20H18F2N2S/c1-12-3-6-15(7-4-12)25-20(16-10-19(23)24-11-13(16)2)17-9-14(21)5-8-18(17)22/h3-11,20H,1-2H3,(H2,23,24). The van der Waals surface area contributed by atoms with Crippen LogP contribution in [0.3, 0.4) is 0 Å². The van der Waals surface area contributed by atoms with Crippen molar-refractivity contribution in [3.8, 4) is 0 Å². The van der Waals surface area contributed by atoms with Gasteiger partial charge in [-0.3, -0.25) is 0 Å². The molecular formula is C20H18F2N2S. The SMILES string of the molecule is Cc1ccc(SC(c2cc(N)ncc2C)c2cc(F)ccc2F)cc1. The molecule has 2 aromatic carbocycles. The molecule has 2 nitrogen and oxygen atoms in total. The average Bonchev–Trinajstić information content (AvgIpc) is 2.59. The Balaban J connectivity index is 2.12. The minimum atomic E-state index is -0.467. The number of benzene rings is 2. The number of hydrogen-bond donors (Lipinski definition) is 1. The molecule has 2 N–H and O–H groups in total. The molecule has 1 heterocycles. The van der Waals surface area contributed by atoms with Gasteiger partial charge in [0.15, 0.2) is 0 Å². The Morgan fingerprint density at radius 2 is 1.68 bits per heavy atom. The summed E-state index contributed by atoms with van der Waals surface area (Å²) in [5.74, 6) is -0.557. The largest absolute Gasteiger partial charge is 0.384 e. The van der Waals surface area contributed by atoms with Gasteiger partial charge in [0, 0.05) is 16.7 Å². The van der Waals surface area contributed by atoms with E-state index in [0.717, 1.165) is 33.7 Å². The molecule has 0 aliphatic carbocycles. The van der Waals surface area contributed by atoms with Crippen LogP contribution >= 0.6 is 11.8 Å². The van der Waals surface area contributed by atoms with E-state index in [9.17, 15) is 8.78 Å². The van der Waals surface area contributed by atoms with E-state index >= 15 is 0 Å². The van der Waals surface area contributed by atoms with E-state index in [4.69, 9.17) is 5.73 Å². The lowest BCUT2D eigenvalue weighted by Gasteiger charge is -2.21. The molecule has 1 aromatic heterocycles. The third-order valence-electron chi connectivity index (χ3n) is 3.96. The fourth-order valence-electron chi connectivity index (χ4n) is 2.60. The highest BCUT2D eigenvalue weighted by Crippen LogP contribution is 2.43. The lowest BCUT2D eigenvalue weighted by Crippen LogP contribution is -2.05. The van der Waals surface area contributed by atoms with Crippen molar-refractivity contribution in [2.75, 3.05) is 5.73 Å². The lowest BCUT2D eigenvalue weighted by molar-refractivity contribution is 0.587. The minimum absolute atomic E-state index is 0.291. The molecule has 1 unspecified atom stereocenters. The second-order valence-electron chi connectivity index (χ2n) is 5.94. The molecule has 0 saturated heterocycles. The van der Waals surface area contributed by atoms with Gasteiger partial charge >= 0.3 is 0 Å². The molecule has 25 heavy (non-hydrogen) atoms. The van der Waals surface area contributed by atoms with Gasteiger partial charge in [0.2, 0.25) is 0 Å². The number of rotatable bonds is 4. The van der Waals surface area contributed by atoms with Gasteiger partial charge in [-0.25, -0.2) is 13.8 Å². The molecule has 0 fully saturated rings. The Morgan fingerprint density at radius 1 is 0.960 bits per heavy atom. The van der Waals surface area contributed by atoms with Gasteiger partial charge in [0.1, 0.15) is 17.5 Å². The van der Waals surface area contributed by atoms with E-state index in [-0.39, 0.29) is 0 Å². The number of anilines is 1. The maximum absolute atomic E-state index is 14.5. The topological polar surface area (TPSA) is 38.9 Å². The van der Waals surface area contributed by atoms with Crippen LogP contribution in [0.25, 0.3) is 0 Å². The van der Waals surface area contributed by atoms with Gasteiger partial charge in [-0.15, -0.1) is 11.8 Å². The van der Waals surface area contributed by atoms with Crippen LogP contribution in [-0.4, -0.2) is 4.98 Å². The van der Waals surface area contributed by atoms with E-state index in [1.807, 2.05) is 38.1 Å². The van der Waals surface area contributed by atoms with Gasteiger partial charge in [-0.2, -0.15) is 0 Å². The van der Waals surface area contributed by atoms with E-state index < -0.39 is 16.9 Å². The van der Waals surface area contributed by atoms with Crippen LogP contribution in [0.4, 0.5) is 14.6 Å². The fraction of sp³-hybridized carbons (Fsp3) is 0.150. The molecule has 5 heteroatoms. The van der Waals surface area contributed by atoms with Gasteiger partial charge in [0.05, 0.1) is 5.25 Å². The van der Waals surface area contributed by atoms with E-state index in [2.05, 4.69) is 4.98 Å². The molecule has 0 aliphatic rings. The van der Waals surface area contributed by atoms with Gasteiger partial charge < -0.3 is 5.73 Å². The van der Waals surface area contributed by atoms with Crippen LogP contribution in [-0.2, 0) is 0 Å². The number of aryl methyl sites for hydroxylation is 2. The zero-order chi connectivity index (χ0) is 18.0. The summed E-state index contributed by atoms with van der Waals surface area (Å²) in [6, 6.07) is 13.2.